The molecule has 2 heterocycles. The van der Waals surface area contributed by atoms with Crippen molar-refractivity contribution < 1.29 is 5.11 Å². The second-order valence-corrected chi connectivity index (χ2v) is 7.65. The van der Waals surface area contributed by atoms with Gasteiger partial charge in [-0.15, -0.1) is 11.3 Å². The number of rotatable bonds is 4. The van der Waals surface area contributed by atoms with Crippen LogP contribution in [0, 0.1) is 5.92 Å². The molecular weight excluding hydrogens is 318 g/mol. The predicted octanol–water partition coefficient (Wildman–Crippen LogP) is 3.96. The topological polar surface area (TPSA) is 58.0 Å². The summed E-state index contributed by atoms with van der Waals surface area (Å²) in [5.74, 6) is 1.59. The Morgan fingerprint density at radius 2 is 2.12 bits per heavy atom. The first kappa shape index (κ1) is 15.5. The number of aromatic nitrogens is 2. The second-order valence-electron chi connectivity index (χ2n) is 6.56. The van der Waals surface area contributed by atoms with Crippen molar-refractivity contribution in [3.8, 4) is 0 Å². The number of aliphatic hydroxyl groups excluding tert-OH is 1. The van der Waals surface area contributed by atoms with E-state index >= 15 is 0 Å². The molecule has 0 aliphatic heterocycles. The molecule has 0 saturated heterocycles. The molecule has 0 bridgehead atoms. The fourth-order valence-electron chi connectivity index (χ4n) is 3.40. The van der Waals surface area contributed by atoms with Gasteiger partial charge in [0.15, 0.2) is 0 Å². The Morgan fingerprint density at radius 3 is 2.96 bits per heavy atom. The van der Waals surface area contributed by atoms with Gasteiger partial charge in [0, 0.05) is 11.4 Å². The van der Waals surface area contributed by atoms with E-state index in [0.29, 0.717) is 6.54 Å². The summed E-state index contributed by atoms with van der Waals surface area (Å²) in [7, 11) is 0. The van der Waals surface area contributed by atoms with E-state index in [-0.39, 0.29) is 0 Å². The summed E-state index contributed by atoms with van der Waals surface area (Å²) in [6, 6.07) is 9.72. The first-order valence-corrected chi connectivity index (χ1v) is 9.26. The van der Waals surface area contributed by atoms with Gasteiger partial charge in [-0.2, -0.15) is 0 Å². The molecule has 2 N–H and O–H groups in total. The van der Waals surface area contributed by atoms with E-state index in [0.717, 1.165) is 40.4 Å². The van der Waals surface area contributed by atoms with Crippen LogP contribution >= 0.6 is 11.3 Å². The Balaban J connectivity index is 1.60. The van der Waals surface area contributed by atoms with E-state index < -0.39 is 6.10 Å². The minimum atomic E-state index is -0.550. The number of fused-ring (bicyclic) bond motifs is 3. The van der Waals surface area contributed by atoms with Gasteiger partial charge < -0.3 is 10.4 Å². The zero-order chi connectivity index (χ0) is 16.5. The molecule has 0 saturated carbocycles. The first-order chi connectivity index (χ1) is 11.7. The van der Waals surface area contributed by atoms with Crippen molar-refractivity contribution in [2.45, 2.75) is 32.3 Å². The van der Waals surface area contributed by atoms with Crippen LogP contribution in [0.5, 0.6) is 0 Å². The standard InChI is InChI=1S/C19H21N3OS/c1-12-7-8-14-16(9-12)24-19-17(14)18(21-11-22-19)20-10-15(23)13-5-3-2-4-6-13/h2-6,11-12,15,23H,7-10H2,1H3,(H,20,21,22)/t12-,15+/m0/s1. The summed E-state index contributed by atoms with van der Waals surface area (Å²) in [5, 5.41) is 14.9. The molecule has 4 rings (SSSR count). The number of nitrogens with one attached hydrogen (secondary N) is 1. The van der Waals surface area contributed by atoms with E-state index in [1.807, 2.05) is 30.3 Å². The Labute approximate surface area is 145 Å². The van der Waals surface area contributed by atoms with Crippen LogP contribution in [-0.2, 0) is 12.8 Å². The SMILES string of the molecule is C[C@H]1CCc2c(sc3ncnc(NC[C@@H](O)c4ccccc4)c23)C1. The monoisotopic (exact) mass is 339 g/mol. The van der Waals surface area contributed by atoms with Crippen LogP contribution in [0.3, 0.4) is 0 Å². The lowest BCUT2D eigenvalue weighted by Gasteiger charge is -2.18. The molecule has 24 heavy (non-hydrogen) atoms. The molecule has 1 aromatic carbocycles. The third kappa shape index (κ3) is 2.89. The average molecular weight is 339 g/mol. The number of hydrogen-bond donors (Lipinski definition) is 2. The minimum absolute atomic E-state index is 0.442. The van der Waals surface area contributed by atoms with Crippen molar-refractivity contribution in [3.05, 3.63) is 52.7 Å². The van der Waals surface area contributed by atoms with Crippen molar-refractivity contribution in [1.82, 2.24) is 9.97 Å². The molecule has 1 aliphatic carbocycles. The molecular formula is C19H21N3OS. The molecule has 5 heteroatoms. The van der Waals surface area contributed by atoms with Gasteiger partial charge in [0.05, 0.1) is 11.5 Å². The largest absolute Gasteiger partial charge is 0.387 e. The summed E-state index contributed by atoms with van der Waals surface area (Å²) >= 11 is 1.79. The zero-order valence-corrected chi connectivity index (χ0v) is 14.5. The number of thiophene rings is 1. The lowest BCUT2D eigenvalue weighted by Crippen LogP contribution is -2.14. The van der Waals surface area contributed by atoms with Gasteiger partial charge in [-0.1, -0.05) is 37.3 Å². The fourth-order valence-corrected chi connectivity index (χ4v) is 4.75. The molecule has 0 spiro atoms. The molecule has 0 fully saturated rings. The van der Waals surface area contributed by atoms with Crippen molar-refractivity contribution in [1.29, 1.82) is 0 Å². The normalized spacial score (nSPS) is 18.3. The van der Waals surface area contributed by atoms with Crippen molar-refractivity contribution in [3.63, 3.8) is 0 Å². The fraction of sp³-hybridized carbons (Fsp3) is 0.368. The lowest BCUT2D eigenvalue weighted by molar-refractivity contribution is 0.191. The summed E-state index contributed by atoms with van der Waals surface area (Å²) in [6.45, 7) is 2.76. The van der Waals surface area contributed by atoms with E-state index in [1.165, 1.54) is 16.9 Å². The van der Waals surface area contributed by atoms with Gasteiger partial charge in [-0.05, 0) is 36.3 Å². The summed E-state index contributed by atoms with van der Waals surface area (Å²) in [6.07, 6.45) is 4.53. The van der Waals surface area contributed by atoms with Gasteiger partial charge in [0.1, 0.15) is 17.0 Å². The molecule has 2 aromatic heterocycles. The molecule has 124 valence electrons. The average Bonchev–Trinajstić information content (AvgIpc) is 2.98. The first-order valence-electron chi connectivity index (χ1n) is 8.44. The number of aliphatic hydroxyl groups is 1. The van der Waals surface area contributed by atoms with Crippen LogP contribution in [0.1, 0.15) is 35.5 Å². The Bertz CT molecular complexity index is 846. The predicted molar refractivity (Wildman–Crippen MR) is 98.5 cm³/mol. The molecule has 0 unspecified atom stereocenters. The van der Waals surface area contributed by atoms with Crippen LogP contribution in [0.15, 0.2) is 36.7 Å². The Morgan fingerprint density at radius 1 is 1.29 bits per heavy atom. The maximum absolute atomic E-state index is 10.4. The van der Waals surface area contributed by atoms with Crippen LogP contribution in [0.25, 0.3) is 10.2 Å². The number of benzene rings is 1. The third-order valence-corrected chi connectivity index (χ3v) is 5.90. The quantitative estimate of drug-likeness (QED) is 0.755. The lowest BCUT2D eigenvalue weighted by atomic mass is 9.89. The van der Waals surface area contributed by atoms with Crippen LogP contribution in [0.2, 0.25) is 0 Å². The van der Waals surface area contributed by atoms with E-state index in [4.69, 9.17) is 0 Å². The van der Waals surface area contributed by atoms with Crippen molar-refractivity contribution >= 4 is 27.4 Å². The number of nitrogens with zero attached hydrogens (tertiary/aromatic N) is 2. The highest BCUT2D eigenvalue weighted by Gasteiger charge is 2.23. The third-order valence-electron chi connectivity index (χ3n) is 4.74. The maximum atomic E-state index is 10.4. The van der Waals surface area contributed by atoms with E-state index in [2.05, 4.69) is 22.2 Å². The molecule has 2 atom stereocenters. The van der Waals surface area contributed by atoms with E-state index in [1.54, 1.807) is 17.7 Å². The van der Waals surface area contributed by atoms with Crippen LogP contribution in [-0.4, -0.2) is 21.6 Å². The van der Waals surface area contributed by atoms with Gasteiger partial charge in [-0.25, -0.2) is 9.97 Å². The maximum Gasteiger partial charge on any atom is 0.138 e. The molecule has 4 nitrogen and oxygen atoms in total. The van der Waals surface area contributed by atoms with Crippen molar-refractivity contribution in [2.24, 2.45) is 5.92 Å². The molecule has 0 radical (unpaired) electrons. The minimum Gasteiger partial charge on any atom is -0.387 e. The smallest absolute Gasteiger partial charge is 0.138 e. The number of aryl methyl sites for hydroxylation is 1. The molecule has 1 aliphatic rings. The number of anilines is 1. The highest BCUT2D eigenvalue weighted by Crippen LogP contribution is 2.39. The summed E-state index contributed by atoms with van der Waals surface area (Å²) in [4.78, 5) is 11.4. The van der Waals surface area contributed by atoms with E-state index in [9.17, 15) is 5.11 Å². The molecule has 3 aromatic rings. The molecule has 0 amide bonds. The van der Waals surface area contributed by atoms with Gasteiger partial charge in [-0.3, -0.25) is 0 Å². The zero-order valence-electron chi connectivity index (χ0n) is 13.7. The van der Waals surface area contributed by atoms with Gasteiger partial charge in [0.25, 0.3) is 0 Å². The van der Waals surface area contributed by atoms with Crippen molar-refractivity contribution in [2.75, 3.05) is 11.9 Å². The Kier molecular flexibility index (Phi) is 4.21. The van der Waals surface area contributed by atoms with Crippen LogP contribution < -0.4 is 5.32 Å². The van der Waals surface area contributed by atoms with Gasteiger partial charge >= 0.3 is 0 Å². The summed E-state index contributed by atoms with van der Waals surface area (Å²) in [5.41, 5.74) is 2.32. The Hall–Kier alpha value is -1.98. The highest BCUT2D eigenvalue weighted by atomic mass is 32.1. The van der Waals surface area contributed by atoms with Gasteiger partial charge in [0.2, 0.25) is 0 Å². The van der Waals surface area contributed by atoms with Crippen LogP contribution in [0.4, 0.5) is 5.82 Å². The summed E-state index contributed by atoms with van der Waals surface area (Å²) < 4.78 is 0. The highest BCUT2D eigenvalue weighted by molar-refractivity contribution is 7.19. The number of hydrogen-bond acceptors (Lipinski definition) is 5. The second kappa shape index (κ2) is 6.49.